The SMILES string of the molecule is Cc1cc2occ(CC(=O)N[C@H]3CCO[C@@H](CC(C)C)C3)c2cc1C. The number of rotatable bonds is 5. The number of amides is 1. The van der Waals surface area contributed by atoms with Crippen LogP contribution in [-0.4, -0.2) is 24.7 Å². The van der Waals surface area contributed by atoms with Crippen LogP contribution in [0.25, 0.3) is 11.0 Å². The van der Waals surface area contributed by atoms with Crippen molar-refractivity contribution in [1.29, 1.82) is 0 Å². The Balaban J connectivity index is 1.62. The molecule has 1 saturated heterocycles. The van der Waals surface area contributed by atoms with Crippen LogP contribution in [0.2, 0.25) is 0 Å². The highest BCUT2D eigenvalue weighted by Gasteiger charge is 2.24. The van der Waals surface area contributed by atoms with Crippen LogP contribution in [0, 0.1) is 19.8 Å². The second kappa shape index (κ2) is 7.61. The van der Waals surface area contributed by atoms with Crippen LogP contribution in [0.1, 0.15) is 49.8 Å². The molecule has 4 nitrogen and oxygen atoms in total. The lowest BCUT2D eigenvalue weighted by atomic mass is 9.96. The van der Waals surface area contributed by atoms with Crippen molar-refractivity contribution in [2.45, 2.75) is 65.5 Å². The number of benzene rings is 1. The monoisotopic (exact) mass is 343 g/mol. The van der Waals surface area contributed by atoms with Crippen molar-refractivity contribution in [2.75, 3.05) is 6.61 Å². The number of fused-ring (bicyclic) bond motifs is 1. The van der Waals surface area contributed by atoms with Gasteiger partial charge in [-0.1, -0.05) is 13.8 Å². The second-order valence-electron chi connectivity index (χ2n) is 7.78. The first kappa shape index (κ1) is 18.0. The molecule has 4 heteroatoms. The molecule has 0 spiro atoms. The van der Waals surface area contributed by atoms with E-state index in [9.17, 15) is 4.79 Å². The first-order chi connectivity index (χ1) is 11.9. The number of furan rings is 1. The van der Waals surface area contributed by atoms with Gasteiger partial charge in [-0.3, -0.25) is 4.79 Å². The van der Waals surface area contributed by atoms with E-state index in [0.717, 1.165) is 42.4 Å². The molecule has 1 aromatic heterocycles. The molecule has 3 rings (SSSR count). The Bertz CT molecular complexity index is 747. The topological polar surface area (TPSA) is 51.5 Å². The number of aryl methyl sites for hydroxylation is 2. The molecule has 1 aliphatic rings. The summed E-state index contributed by atoms with van der Waals surface area (Å²) >= 11 is 0. The Hall–Kier alpha value is -1.81. The normalized spacial score (nSPS) is 21.0. The van der Waals surface area contributed by atoms with Gasteiger partial charge in [0.15, 0.2) is 0 Å². The fraction of sp³-hybridized carbons (Fsp3) is 0.571. The fourth-order valence-electron chi connectivity index (χ4n) is 3.63. The molecule has 2 aromatic rings. The third-order valence-corrected chi connectivity index (χ3v) is 5.09. The number of carbonyl (C=O) groups is 1. The molecule has 1 amide bonds. The van der Waals surface area contributed by atoms with Crippen molar-refractivity contribution >= 4 is 16.9 Å². The van der Waals surface area contributed by atoms with Crippen LogP contribution in [0.3, 0.4) is 0 Å². The van der Waals surface area contributed by atoms with Gasteiger partial charge < -0.3 is 14.5 Å². The van der Waals surface area contributed by atoms with E-state index in [1.54, 1.807) is 6.26 Å². The van der Waals surface area contributed by atoms with E-state index in [0.29, 0.717) is 12.3 Å². The molecule has 1 N–H and O–H groups in total. The van der Waals surface area contributed by atoms with Gasteiger partial charge in [-0.25, -0.2) is 0 Å². The lowest BCUT2D eigenvalue weighted by molar-refractivity contribution is -0.122. The standard InChI is InChI=1S/C21H29NO3/c1-13(2)7-18-11-17(5-6-24-18)22-21(23)10-16-12-25-20-9-15(4)14(3)8-19(16)20/h8-9,12-13,17-18H,5-7,10-11H2,1-4H3,(H,22,23)/t17-,18-/m0/s1. The molecule has 1 aliphatic heterocycles. The largest absolute Gasteiger partial charge is 0.464 e. The third kappa shape index (κ3) is 4.43. The average Bonchev–Trinajstić information content (AvgIpc) is 2.89. The zero-order chi connectivity index (χ0) is 18.0. The van der Waals surface area contributed by atoms with Crippen LogP contribution in [0.15, 0.2) is 22.8 Å². The summed E-state index contributed by atoms with van der Waals surface area (Å²) < 4.78 is 11.5. The van der Waals surface area contributed by atoms with Crippen LogP contribution < -0.4 is 5.32 Å². The van der Waals surface area contributed by atoms with E-state index in [1.807, 2.05) is 6.07 Å². The first-order valence-electron chi connectivity index (χ1n) is 9.30. The first-order valence-corrected chi connectivity index (χ1v) is 9.30. The smallest absolute Gasteiger partial charge is 0.224 e. The van der Waals surface area contributed by atoms with Crippen molar-refractivity contribution < 1.29 is 13.9 Å². The molecule has 2 heterocycles. The Morgan fingerprint density at radius 2 is 2.04 bits per heavy atom. The summed E-state index contributed by atoms with van der Waals surface area (Å²) in [6.45, 7) is 9.30. The third-order valence-electron chi connectivity index (χ3n) is 5.09. The Morgan fingerprint density at radius 1 is 1.28 bits per heavy atom. The molecule has 1 fully saturated rings. The number of carbonyl (C=O) groups excluding carboxylic acids is 1. The Kier molecular flexibility index (Phi) is 5.48. The molecule has 136 valence electrons. The molecule has 0 aliphatic carbocycles. The van der Waals surface area contributed by atoms with Crippen molar-refractivity contribution in [1.82, 2.24) is 5.32 Å². The van der Waals surface area contributed by atoms with Crippen molar-refractivity contribution in [3.05, 3.63) is 35.1 Å². The predicted molar refractivity (Wildman–Crippen MR) is 99.8 cm³/mol. The summed E-state index contributed by atoms with van der Waals surface area (Å²) in [5.74, 6) is 0.680. The highest BCUT2D eigenvalue weighted by molar-refractivity contribution is 5.88. The average molecular weight is 343 g/mol. The summed E-state index contributed by atoms with van der Waals surface area (Å²) in [5.41, 5.74) is 4.24. The summed E-state index contributed by atoms with van der Waals surface area (Å²) in [6.07, 6.45) is 5.20. The molecule has 2 atom stereocenters. The molecular formula is C21H29NO3. The number of hydrogen-bond donors (Lipinski definition) is 1. The van der Waals surface area contributed by atoms with Crippen molar-refractivity contribution in [2.24, 2.45) is 5.92 Å². The minimum atomic E-state index is 0.0659. The zero-order valence-corrected chi connectivity index (χ0v) is 15.7. The van der Waals surface area contributed by atoms with Gasteiger partial charge in [-0.2, -0.15) is 0 Å². The van der Waals surface area contributed by atoms with Gasteiger partial charge in [-0.05, 0) is 62.3 Å². The summed E-state index contributed by atoms with van der Waals surface area (Å²) in [6, 6.07) is 4.37. The molecule has 1 aromatic carbocycles. The van der Waals surface area contributed by atoms with Crippen LogP contribution in [-0.2, 0) is 16.0 Å². The van der Waals surface area contributed by atoms with E-state index in [-0.39, 0.29) is 18.1 Å². The van der Waals surface area contributed by atoms with Crippen molar-refractivity contribution in [3.8, 4) is 0 Å². The van der Waals surface area contributed by atoms with Gasteiger partial charge in [0.1, 0.15) is 5.58 Å². The van der Waals surface area contributed by atoms with E-state index in [1.165, 1.54) is 11.1 Å². The molecule has 25 heavy (non-hydrogen) atoms. The number of nitrogens with one attached hydrogen (secondary N) is 1. The van der Waals surface area contributed by atoms with Gasteiger partial charge in [0.25, 0.3) is 0 Å². The van der Waals surface area contributed by atoms with Crippen LogP contribution in [0.4, 0.5) is 0 Å². The number of hydrogen-bond acceptors (Lipinski definition) is 3. The molecule has 0 bridgehead atoms. The minimum Gasteiger partial charge on any atom is -0.464 e. The van der Waals surface area contributed by atoms with Gasteiger partial charge in [-0.15, -0.1) is 0 Å². The van der Waals surface area contributed by atoms with Gasteiger partial charge >= 0.3 is 0 Å². The van der Waals surface area contributed by atoms with Gasteiger partial charge in [0.05, 0.1) is 18.8 Å². The summed E-state index contributed by atoms with van der Waals surface area (Å²) in [4.78, 5) is 12.5. The maximum absolute atomic E-state index is 12.5. The van der Waals surface area contributed by atoms with Crippen LogP contribution in [0.5, 0.6) is 0 Å². The molecular weight excluding hydrogens is 314 g/mol. The van der Waals surface area contributed by atoms with Gasteiger partial charge in [0.2, 0.25) is 5.91 Å². The second-order valence-corrected chi connectivity index (χ2v) is 7.78. The lowest BCUT2D eigenvalue weighted by Crippen LogP contribution is -2.42. The predicted octanol–water partition coefficient (Wildman–Crippen LogP) is 4.30. The van der Waals surface area contributed by atoms with E-state index < -0.39 is 0 Å². The number of ether oxygens (including phenoxy) is 1. The van der Waals surface area contributed by atoms with E-state index >= 15 is 0 Å². The van der Waals surface area contributed by atoms with Gasteiger partial charge in [0, 0.05) is 23.6 Å². The quantitative estimate of drug-likeness (QED) is 0.880. The van der Waals surface area contributed by atoms with E-state index in [4.69, 9.17) is 9.15 Å². The van der Waals surface area contributed by atoms with E-state index in [2.05, 4.69) is 39.1 Å². The molecule has 0 unspecified atom stereocenters. The van der Waals surface area contributed by atoms with Crippen LogP contribution >= 0.6 is 0 Å². The Labute approximate surface area is 149 Å². The highest BCUT2D eigenvalue weighted by atomic mass is 16.5. The maximum Gasteiger partial charge on any atom is 0.224 e. The lowest BCUT2D eigenvalue weighted by Gasteiger charge is -2.31. The molecule has 0 saturated carbocycles. The summed E-state index contributed by atoms with van der Waals surface area (Å²) in [5, 5.41) is 4.23. The van der Waals surface area contributed by atoms with Crippen molar-refractivity contribution in [3.63, 3.8) is 0 Å². The highest BCUT2D eigenvalue weighted by Crippen LogP contribution is 2.25. The maximum atomic E-state index is 12.5. The fourth-order valence-corrected chi connectivity index (χ4v) is 3.63. The summed E-state index contributed by atoms with van der Waals surface area (Å²) in [7, 11) is 0. The minimum absolute atomic E-state index is 0.0659. The zero-order valence-electron chi connectivity index (χ0n) is 15.7. The Morgan fingerprint density at radius 3 is 2.80 bits per heavy atom. The molecule has 0 radical (unpaired) electrons.